The summed E-state index contributed by atoms with van der Waals surface area (Å²) in [6.07, 6.45) is 2.01. The Morgan fingerprint density at radius 2 is 2.30 bits per heavy atom. The molecule has 0 aromatic heterocycles. The van der Waals surface area contributed by atoms with Crippen molar-refractivity contribution in [2.24, 2.45) is 0 Å². The van der Waals surface area contributed by atoms with Gasteiger partial charge in [0.2, 0.25) is 0 Å². The molecule has 1 unspecified atom stereocenters. The van der Waals surface area contributed by atoms with Crippen LogP contribution >= 0.6 is 0 Å². The molecule has 1 radical (unpaired) electrons. The zero-order valence-electron chi connectivity index (χ0n) is 6.16. The molecule has 0 aromatic carbocycles. The predicted octanol–water partition coefficient (Wildman–Crippen LogP) is 0.925. The molecule has 0 aliphatic rings. The maximum absolute atomic E-state index is 10.5. The molecule has 0 fully saturated rings. The first-order valence-electron chi connectivity index (χ1n) is 3.12. The van der Waals surface area contributed by atoms with Crippen molar-refractivity contribution in [2.75, 3.05) is 6.61 Å². The summed E-state index contributed by atoms with van der Waals surface area (Å²) in [4.78, 5) is 10.5. The molecule has 10 heavy (non-hydrogen) atoms. The van der Waals surface area contributed by atoms with E-state index in [0.717, 1.165) is 0 Å². The number of rotatable bonds is 3. The molecule has 0 aromatic rings. The number of hydrogen-bond acceptors (Lipinski definition) is 2. The van der Waals surface area contributed by atoms with E-state index in [9.17, 15) is 9.90 Å². The van der Waals surface area contributed by atoms with Crippen LogP contribution in [0.5, 0.6) is 0 Å². The van der Waals surface area contributed by atoms with Crippen molar-refractivity contribution in [3.8, 4) is 0 Å². The second-order valence-corrected chi connectivity index (χ2v) is 1.94. The van der Waals surface area contributed by atoms with Crippen LogP contribution < -0.4 is 0 Å². The molecule has 0 N–H and O–H groups in total. The molecular formula is C7H11O3. The Balaban J connectivity index is 3.40. The van der Waals surface area contributed by atoms with Crippen LogP contribution in [0.4, 0.5) is 0 Å². The van der Waals surface area contributed by atoms with Crippen molar-refractivity contribution in [2.45, 2.75) is 20.0 Å². The van der Waals surface area contributed by atoms with Crippen molar-refractivity contribution < 1.29 is 14.6 Å². The smallest absolute Gasteiger partial charge is 0.330 e. The fourth-order valence-corrected chi connectivity index (χ4v) is 0.384. The monoisotopic (exact) mass is 143 g/mol. The van der Waals surface area contributed by atoms with E-state index in [4.69, 9.17) is 0 Å². The Labute approximate surface area is 60.3 Å². The summed E-state index contributed by atoms with van der Waals surface area (Å²) < 4.78 is 4.51. The van der Waals surface area contributed by atoms with Gasteiger partial charge in [-0.05, 0) is 13.8 Å². The summed E-state index contributed by atoms with van der Waals surface area (Å²) in [7, 11) is 0. The van der Waals surface area contributed by atoms with Crippen LogP contribution in [0.1, 0.15) is 13.8 Å². The molecule has 0 spiro atoms. The van der Waals surface area contributed by atoms with Gasteiger partial charge in [0, 0.05) is 6.08 Å². The molecule has 0 saturated heterocycles. The fourth-order valence-electron chi connectivity index (χ4n) is 0.384. The van der Waals surface area contributed by atoms with E-state index in [1.54, 1.807) is 13.0 Å². The third-order valence-corrected chi connectivity index (χ3v) is 0.763. The van der Waals surface area contributed by atoms with Gasteiger partial charge in [0.1, 0.15) is 12.7 Å². The highest BCUT2D eigenvalue weighted by atomic mass is 16.5. The first-order valence-corrected chi connectivity index (χ1v) is 3.12. The molecule has 0 aliphatic heterocycles. The van der Waals surface area contributed by atoms with Crippen LogP contribution in [0.25, 0.3) is 0 Å². The molecule has 0 aliphatic carbocycles. The zero-order valence-corrected chi connectivity index (χ0v) is 6.16. The Morgan fingerprint density at radius 1 is 1.70 bits per heavy atom. The Kier molecular flexibility index (Phi) is 4.58. The maximum Gasteiger partial charge on any atom is 0.330 e. The minimum absolute atomic E-state index is 0.0524. The van der Waals surface area contributed by atoms with Gasteiger partial charge in [0.15, 0.2) is 0 Å². The Morgan fingerprint density at radius 3 is 2.70 bits per heavy atom. The average Bonchev–Trinajstić information content (AvgIpc) is 1.85. The lowest BCUT2D eigenvalue weighted by molar-refractivity contribution is -0.141. The molecule has 3 heteroatoms. The lowest BCUT2D eigenvalue weighted by Gasteiger charge is -2.00. The van der Waals surface area contributed by atoms with Crippen LogP contribution in [-0.4, -0.2) is 18.7 Å². The Hall–Kier alpha value is -0.830. The molecule has 3 nitrogen and oxygen atoms in total. The molecule has 0 heterocycles. The normalized spacial score (nSPS) is 13.5. The van der Waals surface area contributed by atoms with Crippen molar-refractivity contribution in [1.82, 2.24) is 0 Å². The van der Waals surface area contributed by atoms with Crippen LogP contribution in [0, 0.1) is 0 Å². The maximum atomic E-state index is 10.5. The Bertz CT molecular complexity index is 127. The lowest BCUT2D eigenvalue weighted by atomic mass is 10.4. The van der Waals surface area contributed by atoms with Crippen molar-refractivity contribution in [3.05, 3.63) is 12.2 Å². The van der Waals surface area contributed by atoms with Gasteiger partial charge in [-0.2, -0.15) is 0 Å². The van der Waals surface area contributed by atoms with Crippen LogP contribution in [0.2, 0.25) is 0 Å². The highest BCUT2D eigenvalue weighted by molar-refractivity contribution is 5.81. The van der Waals surface area contributed by atoms with Crippen LogP contribution in [-0.2, 0) is 14.6 Å². The van der Waals surface area contributed by atoms with Gasteiger partial charge in [0.05, 0.1) is 0 Å². The molecule has 0 saturated carbocycles. The van der Waals surface area contributed by atoms with Gasteiger partial charge >= 0.3 is 5.97 Å². The van der Waals surface area contributed by atoms with Gasteiger partial charge in [-0.3, -0.25) is 0 Å². The highest BCUT2D eigenvalue weighted by Crippen LogP contribution is 1.86. The number of esters is 1. The van der Waals surface area contributed by atoms with E-state index >= 15 is 0 Å². The fraction of sp³-hybridized carbons (Fsp3) is 0.571. The summed E-state index contributed by atoms with van der Waals surface area (Å²) >= 11 is 0. The van der Waals surface area contributed by atoms with E-state index in [1.165, 1.54) is 13.0 Å². The SMILES string of the molecule is CC=CC(=O)OCC(C)[O]. The van der Waals surface area contributed by atoms with Crippen molar-refractivity contribution >= 4 is 5.97 Å². The molecular weight excluding hydrogens is 132 g/mol. The average molecular weight is 143 g/mol. The van der Waals surface area contributed by atoms with Crippen LogP contribution in [0.15, 0.2) is 12.2 Å². The number of carbonyl (C=O) groups excluding carboxylic acids is 1. The summed E-state index contributed by atoms with van der Waals surface area (Å²) in [5, 5.41) is 10.3. The number of allylic oxidation sites excluding steroid dienone is 1. The van der Waals surface area contributed by atoms with Gasteiger partial charge in [-0.15, -0.1) is 0 Å². The van der Waals surface area contributed by atoms with E-state index in [2.05, 4.69) is 4.74 Å². The number of ether oxygens (including phenoxy) is 1. The minimum Gasteiger partial charge on any atom is -0.460 e. The summed E-state index contributed by atoms with van der Waals surface area (Å²) in [6.45, 7) is 3.11. The second kappa shape index (κ2) is 4.99. The van der Waals surface area contributed by atoms with Gasteiger partial charge in [0.25, 0.3) is 0 Å². The van der Waals surface area contributed by atoms with Crippen LogP contribution in [0.3, 0.4) is 0 Å². The third-order valence-electron chi connectivity index (χ3n) is 0.763. The molecule has 0 amide bonds. The number of hydrogen-bond donors (Lipinski definition) is 0. The first-order chi connectivity index (χ1) is 4.66. The summed E-state index contributed by atoms with van der Waals surface area (Å²) in [5.74, 6) is -0.454. The summed E-state index contributed by atoms with van der Waals surface area (Å²) in [6, 6.07) is 0. The van der Waals surface area contributed by atoms with E-state index < -0.39 is 12.1 Å². The second-order valence-electron chi connectivity index (χ2n) is 1.94. The van der Waals surface area contributed by atoms with Crippen molar-refractivity contribution in [3.63, 3.8) is 0 Å². The summed E-state index contributed by atoms with van der Waals surface area (Å²) in [5.41, 5.74) is 0. The topological polar surface area (TPSA) is 46.2 Å². The quantitative estimate of drug-likeness (QED) is 0.435. The molecule has 57 valence electrons. The predicted molar refractivity (Wildman–Crippen MR) is 35.9 cm³/mol. The molecule has 1 atom stereocenters. The minimum atomic E-state index is -0.839. The van der Waals surface area contributed by atoms with E-state index in [0.29, 0.717) is 0 Å². The zero-order chi connectivity index (χ0) is 7.98. The van der Waals surface area contributed by atoms with Gasteiger partial charge in [-0.25, -0.2) is 9.90 Å². The van der Waals surface area contributed by atoms with E-state index in [1.807, 2.05) is 0 Å². The third kappa shape index (κ3) is 5.31. The largest absolute Gasteiger partial charge is 0.460 e. The first kappa shape index (κ1) is 9.17. The van der Waals surface area contributed by atoms with Gasteiger partial charge < -0.3 is 4.74 Å². The number of carbonyl (C=O) groups is 1. The van der Waals surface area contributed by atoms with Crippen molar-refractivity contribution in [1.29, 1.82) is 0 Å². The lowest BCUT2D eigenvalue weighted by Crippen LogP contribution is -2.12. The standard InChI is InChI=1S/C7H11O3/c1-3-4-7(9)10-5-6(2)8/h3-4,6H,5H2,1-2H3. The van der Waals surface area contributed by atoms with E-state index in [-0.39, 0.29) is 6.61 Å². The molecule has 0 rings (SSSR count). The molecule has 0 bridgehead atoms. The highest BCUT2D eigenvalue weighted by Gasteiger charge is 2.00. The van der Waals surface area contributed by atoms with Gasteiger partial charge in [-0.1, -0.05) is 6.08 Å².